The first kappa shape index (κ1) is 16.8. The Hall–Kier alpha value is -2.04. The van der Waals surface area contributed by atoms with Crippen molar-refractivity contribution in [1.29, 1.82) is 0 Å². The van der Waals surface area contributed by atoms with E-state index in [1.165, 1.54) is 18.4 Å². The number of nitrogens with zero attached hydrogens (tertiary/aromatic N) is 2. The van der Waals surface area contributed by atoms with Crippen molar-refractivity contribution in [3.8, 4) is 0 Å². The van der Waals surface area contributed by atoms with Crippen LogP contribution in [0.15, 0.2) is 30.3 Å². The van der Waals surface area contributed by atoms with Gasteiger partial charge in [0.15, 0.2) is 0 Å². The van der Waals surface area contributed by atoms with Crippen molar-refractivity contribution >= 4 is 11.9 Å². The molecule has 0 unspecified atom stereocenters. The molecular weight excluding hydrogens is 302 g/mol. The summed E-state index contributed by atoms with van der Waals surface area (Å²) < 4.78 is 0. The van der Waals surface area contributed by atoms with Crippen molar-refractivity contribution in [3.05, 3.63) is 35.9 Å². The lowest BCUT2D eigenvalue weighted by Gasteiger charge is -2.35. The minimum absolute atomic E-state index is 0.0401. The highest BCUT2D eigenvalue weighted by Gasteiger charge is 2.26. The highest BCUT2D eigenvalue weighted by Crippen LogP contribution is 2.18. The zero-order valence-corrected chi connectivity index (χ0v) is 14.2. The first-order chi connectivity index (χ1) is 11.7. The number of hydrogen-bond donors (Lipinski definition) is 1. The quantitative estimate of drug-likeness (QED) is 0.922. The van der Waals surface area contributed by atoms with E-state index in [1.54, 1.807) is 0 Å². The number of aryl methyl sites for hydroxylation is 1. The van der Waals surface area contributed by atoms with Crippen molar-refractivity contribution in [2.24, 2.45) is 0 Å². The van der Waals surface area contributed by atoms with Gasteiger partial charge in [0.2, 0.25) is 5.91 Å². The molecule has 1 saturated carbocycles. The summed E-state index contributed by atoms with van der Waals surface area (Å²) in [6.45, 7) is 2.56. The normalized spacial score (nSPS) is 18.7. The van der Waals surface area contributed by atoms with Gasteiger partial charge in [0, 0.05) is 38.6 Å². The lowest BCUT2D eigenvalue weighted by atomic mass is 10.1. The van der Waals surface area contributed by atoms with Crippen LogP contribution in [0.2, 0.25) is 0 Å². The van der Waals surface area contributed by atoms with E-state index in [0.29, 0.717) is 38.6 Å². The van der Waals surface area contributed by atoms with Gasteiger partial charge in [-0.3, -0.25) is 4.79 Å². The zero-order valence-electron chi connectivity index (χ0n) is 14.2. The van der Waals surface area contributed by atoms with Gasteiger partial charge >= 0.3 is 6.03 Å². The molecule has 5 nitrogen and oxygen atoms in total. The SMILES string of the molecule is O=C(CCc1ccccc1)N1CCN(C(=O)NC2CCCC2)CC1. The summed E-state index contributed by atoms with van der Waals surface area (Å²) in [5.41, 5.74) is 1.19. The number of urea groups is 1. The molecule has 1 aromatic carbocycles. The number of amides is 3. The summed E-state index contributed by atoms with van der Waals surface area (Å²) in [4.78, 5) is 28.3. The van der Waals surface area contributed by atoms with Crippen molar-refractivity contribution in [2.75, 3.05) is 26.2 Å². The Kier molecular flexibility index (Phi) is 5.72. The largest absolute Gasteiger partial charge is 0.339 e. The predicted molar refractivity (Wildman–Crippen MR) is 93.7 cm³/mol. The van der Waals surface area contributed by atoms with Crippen molar-refractivity contribution in [3.63, 3.8) is 0 Å². The number of benzene rings is 1. The van der Waals surface area contributed by atoms with Gasteiger partial charge in [0.25, 0.3) is 0 Å². The Morgan fingerprint density at radius 2 is 1.58 bits per heavy atom. The second kappa shape index (κ2) is 8.18. The molecule has 2 fully saturated rings. The average molecular weight is 329 g/mol. The molecule has 1 aliphatic heterocycles. The lowest BCUT2D eigenvalue weighted by molar-refractivity contribution is -0.132. The molecule has 24 heavy (non-hydrogen) atoms. The Morgan fingerprint density at radius 1 is 0.958 bits per heavy atom. The third kappa shape index (κ3) is 4.49. The molecule has 0 aromatic heterocycles. The molecule has 0 radical (unpaired) electrons. The first-order valence-electron chi connectivity index (χ1n) is 9.09. The van der Waals surface area contributed by atoms with Gasteiger partial charge in [-0.2, -0.15) is 0 Å². The van der Waals surface area contributed by atoms with Gasteiger partial charge in [-0.25, -0.2) is 4.79 Å². The van der Waals surface area contributed by atoms with Crippen molar-refractivity contribution in [2.45, 2.75) is 44.6 Å². The minimum Gasteiger partial charge on any atom is -0.339 e. The monoisotopic (exact) mass is 329 g/mol. The van der Waals surface area contributed by atoms with E-state index >= 15 is 0 Å². The molecule has 0 atom stereocenters. The molecule has 1 aromatic rings. The molecule has 1 aliphatic carbocycles. The van der Waals surface area contributed by atoms with Crippen LogP contribution < -0.4 is 5.32 Å². The van der Waals surface area contributed by atoms with E-state index in [-0.39, 0.29) is 11.9 Å². The molecule has 3 rings (SSSR count). The minimum atomic E-state index is 0.0401. The van der Waals surface area contributed by atoms with E-state index in [2.05, 4.69) is 17.4 Å². The molecule has 130 valence electrons. The summed E-state index contributed by atoms with van der Waals surface area (Å²) in [6.07, 6.45) is 5.96. The van der Waals surface area contributed by atoms with Crippen LogP contribution in [-0.4, -0.2) is 54.0 Å². The van der Waals surface area contributed by atoms with Crippen LogP contribution in [0.3, 0.4) is 0 Å². The maximum absolute atomic E-state index is 12.3. The van der Waals surface area contributed by atoms with Crippen LogP contribution in [0, 0.1) is 0 Å². The number of carbonyl (C=O) groups is 2. The van der Waals surface area contributed by atoms with Gasteiger partial charge in [0.05, 0.1) is 0 Å². The summed E-state index contributed by atoms with van der Waals surface area (Å²) >= 11 is 0. The van der Waals surface area contributed by atoms with Gasteiger partial charge in [-0.15, -0.1) is 0 Å². The maximum Gasteiger partial charge on any atom is 0.317 e. The van der Waals surface area contributed by atoms with Gasteiger partial charge in [-0.1, -0.05) is 43.2 Å². The second-order valence-electron chi connectivity index (χ2n) is 6.78. The van der Waals surface area contributed by atoms with E-state index in [4.69, 9.17) is 0 Å². The van der Waals surface area contributed by atoms with E-state index < -0.39 is 0 Å². The van der Waals surface area contributed by atoms with E-state index in [9.17, 15) is 9.59 Å². The summed E-state index contributed by atoms with van der Waals surface area (Å²) in [5.74, 6) is 0.190. The smallest absolute Gasteiger partial charge is 0.317 e. The first-order valence-corrected chi connectivity index (χ1v) is 9.09. The van der Waals surface area contributed by atoms with Crippen LogP contribution >= 0.6 is 0 Å². The third-order valence-corrected chi connectivity index (χ3v) is 5.07. The molecular formula is C19H27N3O2. The molecule has 1 saturated heterocycles. The van der Waals surface area contributed by atoms with Gasteiger partial charge < -0.3 is 15.1 Å². The summed E-state index contributed by atoms with van der Waals surface area (Å²) in [5, 5.41) is 3.12. The molecule has 0 spiro atoms. The van der Waals surface area contributed by atoms with Gasteiger partial charge in [0.1, 0.15) is 0 Å². The summed E-state index contributed by atoms with van der Waals surface area (Å²) in [6, 6.07) is 10.5. The topological polar surface area (TPSA) is 52.7 Å². The Labute approximate surface area is 144 Å². The van der Waals surface area contributed by atoms with Crippen molar-refractivity contribution < 1.29 is 9.59 Å². The Bertz CT molecular complexity index is 547. The fourth-order valence-electron chi connectivity index (χ4n) is 3.55. The number of carbonyl (C=O) groups excluding carboxylic acids is 2. The number of rotatable bonds is 4. The van der Waals surface area contributed by atoms with E-state index in [1.807, 2.05) is 28.0 Å². The third-order valence-electron chi connectivity index (χ3n) is 5.07. The fourth-order valence-corrected chi connectivity index (χ4v) is 3.55. The maximum atomic E-state index is 12.3. The second-order valence-corrected chi connectivity index (χ2v) is 6.78. The van der Waals surface area contributed by atoms with Crippen LogP contribution in [0.1, 0.15) is 37.7 Å². The van der Waals surface area contributed by atoms with E-state index in [0.717, 1.165) is 19.3 Å². The molecule has 2 aliphatic rings. The van der Waals surface area contributed by atoms with Gasteiger partial charge in [-0.05, 0) is 24.8 Å². The van der Waals surface area contributed by atoms with Crippen LogP contribution in [0.4, 0.5) is 4.79 Å². The van der Waals surface area contributed by atoms with Crippen LogP contribution in [0.25, 0.3) is 0 Å². The highest BCUT2D eigenvalue weighted by atomic mass is 16.2. The average Bonchev–Trinajstić information content (AvgIpc) is 3.13. The van der Waals surface area contributed by atoms with Crippen molar-refractivity contribution in [1.82, 2.24) is 15.1 Å². The van der Waals surface area contributed by atoms with Crippen LogP contribution in [0.5, 0.6) is 0 Å². The van der Waals surface area contributed by atoms with Crippen LogP contribution in [-0.2, 0) is 11.2 Å². The molecule has 0 bridgehead atoms. The molecule has 3 amide bonds. The zero-order chi connectivity index (χ0) is 16.8. The number of nitrogens with one attached hydrogen (secondary N) is 1. The molecule has 5 heteroatoms. The lowest BCUT2D eigenvalue weighted by Crippen LogP contribution is -2.54. The Balaban J connectivity index is 1.39. The standard InChI is InChI=1S/C19H27N3O2/c23-18(11-10-16-6-2-1-3-7-16)21-12-14-22(15-13-21)19(24)20-17-8-4-5-9-17/h1-3,6-7,17H,4-5,8-15H2,(H,20,24). The number of piperazine rings is 1. The number of hydrogen-bond acceptors (Lipinski definition) is 2. The Morgan fingerprint density at radius 3 is 2.25 bits per heavy atom. The molecule has 1 N–H and O–H groups in total. The summed E-state index contributed by atoms with van der Waals surface area (Å²) in [7, 11) is 0. The fraction of sp³-hybridized carbons (Fsp3) is 0.579. The highest BCUT2D eigenvalue weighted by molar-refractivity contribution is 5.78. The predicted octanol–water partition coefficient (Wildman–Crippen LogP) is 2.42. The molecule has 1 heterocycles.